The lowest BCUT2D eigenvalue weighted by Gasteiger charge is -2.20. The molecule has 0 bridgehead atoms. The molecular weight excluding hydrogens is 190 g/mol. The molecule has 4 nitrogen and oxygen atoms in total. The fourth-order valence-corrected chi connectivity index (χ4v) is 1.44. The van der Waals surface area contributed by atoms with Crippen LogP contribution in [0.3, 0.4) is 0 Å². The first-order valence-electron chi connectivity index (χ1n) is 4.88. The van der Waals surface area contributed by atoms with Crippen LogP contribution in [0.4, 0.5) is 5.69 Å². The number of amides is 1. The van der Waals surface area contributed by atoms with E-state index in [2.05, 4.69) is 5.32 Å². The Kier molecular flexibility index (Phi) is 4.12. The van der Waals surface area contributed by atoms with Crippen molar-refractivity contribution < 1.29 is 4.79 Å². The number of hydrogen-bond acceptors (Lipinski definition) is 3. The molecular formula is C11H17N3O. The Balaban J connectivity index is 2.80. The molecule has 4 heteroatoms. The molecule has 1 amide bonds. The number of likely N-dealkylation sites (N-methyl/N-ethyl adjacent to an activating group) is 2. The van der Waals surface area contributed by atoms with Gasteiger partial charge in [0.25, 0.3) is 0 Å². The van der Waals surface area contributed by atoms with E-state index in [0.717, 1.165) is 11.3 Å². The second-order valence-electron chi connectivity index (χ2n) is 3.36. The number of para-hydroxylation sites is 1. The minimum absolute atomic E-state index is 0.00988. The molecule has 0 aliphatic carbocycles. The fourth-order valence-electron chi connectivity index (χ4n) is 1.44. The molecule has 0 heterocycles. The van der Waals surface area contributed by atoms with Crippen LogP contribution in [0.25, 0.3) is 0 Å². The van der Waals surface area contributed by atoms with Gasteiger partial charge in [-0.2, -0.15) is 0 Å². The predicted octanol–water partition coefficient (Wildman–Crippen LogP) is 0.327. The second kappa shape index (κ2) is 5.36. The van der Waals surface area contributed by atoms with Gasteiger partial charge in [0, 0.05) is 26.3 Å². The lowest BCUT2D eigenvalue weighted by atomic mass is 10.1. The summed E-state index contributed by atoms with van der Waals surface area (Å²) in [5.41, 5.74) is 7.67. The normalized spacial score (nSPS) is 9.80. The smallest absolute Gasteiger partial charge is 0.239 e. The molecule has 0 atom stereocenters. The van der Waals surface area contributed by atoms with Crippen LogP contribution in [0.5, 0.6) is 0 Å². The van der Waals surface area contributed by atoms with Crippen LogP contribution < -0.4 is 16.0 Å². The Bertz CT molecular complexity index is 338. The third-order valence-corrected chi connectivity index (χ3v) is 2.28. The maximum Gasteiger partial charge on any atom is 0.239 e. The SMILES string of the molecule is CNC(=O)CN(C)c1ccccc1CN. The Labute approximate surface area is 90.1 Å². The number of carbonyl (C=O) groups is 1. The number of nitrogens with zero attached hydrogens (tertiary/aromatic N) is 1. The van der Waals surface area contributed by atoms with Gasteiger partial charge < -0.3 is 16.0 Å². The van der Waals surface area contributed by atoms with Crippen molar-refractivity contribution in [3.05, 3.63) is 29.8 Å². The number of anilines is 1. The summed E-state index contributed by atoms with van der Waals surface area (Å²) >= 11 is 0. The Hall–Kier alpha value is -1.55. The number of nitrogens with one attached hydrogen (secondary N) is 1. The predicted molar refractivity (Wildman–Crippen MR) is 61.7 cm³/mol. The highest BCUT2D eigenvalue weighted by Gasteiger charge is 2.08. The third kappa shape index (κ3) is 2.95. The molecule has 0 saturated carbocycles. The van der Waals surface area contributed by atoms with Crippen molar-refractivity contribution >= 4 is 11.6 Å². The van der Waals surface area contributed by atoms with Gasteiger partial charge in [-0.25, -0.2) is 0 Å². The Morgan fingerprint density at radius 3 is 2.73 bits per heavy atom. The number of hydrogen-bond donors (Lipinski definition) is 2. The van der Waals surface area contributed by atoms with E-state index in [4.69, 9.17) is 5.73 Å². The van der Waals surface area contributed by atoms with E-state index in [1.165, 1.54) is 0 Å². The van der Waals surface area contributed by atoms with Crippen molar-refractivity contribution in [2.75, 3.05) is 25.5 Å². The van der Waals surface area contributed by atoms with Crippen LogP contribution in [-0.4, -0.2) is 26.5 Å². The van der Waals surface area contributed by atoms with E-state index in [1.807, 2.05) is 36.2 Å². The second-order valence-corrected chi connectivity index (χ2v) is 3.36. The van der Waals surface area contributed by atoms with E-state index < -0.39 is 0 Å². The molecule has 1 rings (SSSR count). The molecule has 0 unspecified atom stereocenters. The zero-order valence-electron chi connectivity index (χ0n) is 9.16. The first-order chi connectivity index (χ1) is 7.19. The average molecular weight is 207 g/mol. The largest absolute Gasteiger partial charge is 0.365 e. The van der Waals surface area contributed by atoms with Gasteiger partial charge in [0.1, 0.15) is 0 Å². The van der Waals surface area contributed by atoms with Gasteiger partial charge in [-0.15, -0.1) is 0 Å². The van der Waals surface area contributed by atoms with Gasteiger partial charge in [0.2, 0.25) is 5.91 Å². The van der Waals surface area contributed by atoms with E-state index in [9.17, 15) is 4.79 Å². The highest BCUT2D eigenvalue weighted by atomic mass is 16.1. The maximum absolute atomic E-state index is 11.2. The number of benzene rings is 1. The van der Waals surface area contributed by atoms with Crippen LogP contribution in [0.2, 0.25) is 0 Å². The summed E-state index contributed by atoms with van der Waals surface area (Å²) in [5.74, 6) is -0.00988. The Morgan fingerprint density at radius 2 is 2.13 bits per heavy atom. The van der Waals surface area contributed by atoms with Gasteiger partial charge in [0.05, 0.1) is 6.54 Å². The molecule has 15 heavy (non-hydrogen) atoms. The van der Waals surface area contributed by atoms with Gasteiger partial charge in [-0.1, -0.05) is 18.2 Å². The summed E-state index contributed by atoms with van der Waals surface area (Å²) in [5, 5.41) is 2.59. The molecule has 0 saturated heterocycles. The molecule has 1 aromatic rings. The lowest BCUT2D eigenvalue weighted by Crippen LogP contribution is -2.33. The minimum atomic E-state index is -0.00988. The molecule has 0 radical (unpaired) electrons. The molecule has 0 spiro atoms. The third-order valence-electron chi connectivity index (χ3n) is 2.28. The quantitative estimate of drug-likeness (QED) is 0.748. The standard InChI is InChI=1S/C11H17N3O/c1-13-11(15)8-14(2)10-6-4-3-5-9(10)7-12/h3-6H,7-8,12H2,1-2H3,(H,13,15). The van der Waals surface area contributed by atoms with Gasteiger partial charge >= 0.3 is 0 Å². The van der Waals surface area contributed by atoms with E-state index >= 15 is 0 Å². The van der Waals surface area contributed by atoms with Crippen LogP contribution in [0, 0.1) is 0 Å². The molecule has 0 aromatic heterocycles. The average Bonchev–Trinajstić information content (AvgIpc) is 2.28. The molecule has 1 aromatic carbocycles. The number of nitrogens with two attached hydrogens (primary N) is 1. The summed E-state index contributed by atoms with van der Waals surface area (Å²) in [6, 6.07) is 7.81. The molecule has 0 aliphatic rings. The zero-order valence-corrected chi connectivity index (χ0v) is 9.16. The van der Waals surface area contributed by atoms with Crippen molar-refractivity contribution in [2.24, 2.45) is 5.73 Å². The van der Waals surface area contributed by atoms with Crippen molar-refractivity contribution in [1.29, 1.82) is 0 Å². The van der Waals surface area contributed by atoms with Crippen molar-refractivity contribution in [3.8, 4) is 0 Å². The summed E-state index contributed by atoms with van der Waals surface area (Å²) in [6.45, 7) is 0.821. The van der Waals surface area contributed by atoms with E-state index in [-0.39, 0.29) is 5.91 Å². The topological polar surface area (TPSA) is 58.4 Å². The van der Waals surface area contributed by atoms with Gasteiger partial charge in [-0.05, 0) is 11.6 Å². The van der Waals surface area contributed by atoms with Crippen LogP contribution >= 0.6 is 0 Å². The summed E-state index contributed by atoms with van der Waals surface area (Å²) in [7, 11) is 3.51. The number of carbonyl (C=O) groups excluding carboxylic acids is 1. The monoisotopic (exact) mass is 207 g/mol. The van der Waals surface area contributed by atoms with Gasteiger partial charge in [-0.3, -0.25) is 4.79 Å². The first-order valence-corrected chi connectivity index (χ1v) is 4.88. The maximum atomic E-state index is 11.2. The fraction of sp³-hybridized carbons (Fsp3) is 0.364. The van der Waals surface area contributed by atoms with E-state index in [0.29, 0.717) is 13.1 Å². The molecule has 0 aliphatic heterocycles. The highest BCUT2D eigenvalue weighted by Crippen LogP contribution is 2.17. The summed E-state index contributed by atoms with van der Waals surface area (Å²) < 4.78 is 0. The lowest BCUT2D eigenvalue weighted by molar-refractivity contribution is -0.119. The van der Waals surface area contributed by atoms with E-state index in [1.54, 1.807) is 7.05 Å². The summed E-state index contributed by atoms with van der Waals surface area (Å²) in [6.07, 6.45) is 0. The Morgan fingerprint density at radius 1 is 1.47 bits per heavy atom. The van der Waals surface area contributed by atoms with Crippen molar-refractivity contribution in [2.45, 2.75) is 6.54 Å². The first kappa shape index (κ1) is 11.5. The molecule has 3 N–H and O–H groups in total. The zero-order chi connectivity index (χ0) is 11.3. The van der Waals surface area contributed by atoms with Crippen molar-refractivity contribution in [3.63, 3.8) is 0 Å². The van der Waals surface area contributed by atoms with Crippen LogP contribution in [0.1, 0.15) is 5.56 Å². The minimum Gasteiger partial charge on any atom is -0.365 e. The van der Waals surface area contributed by atoms with Crippen LogP contribution in [-0.2, 0) is 11.3 Å². The van der Waals surface area contributed by atoms with Crippen LogP contribution in [0.15, 0.2) is 24.3 Å². The number of rotatable bonds is 4. The van der Waals surface area contributed by atoms with Crippen molar-refractivity contribution in [1.82, 2.24) is 5.32 Å². The molecule has 82 valence electrons. The molecule has 0 fully saturated rings. The highest BCUT2D eigenvalue weighted by molar-refractivity contribution is 5.81. The summed E-state index contributed by atoms with van der Waals surface area (Å²) in [4.78, 5) is 13.1. The van der Waals surface area contributed by atoms with Gasteiger partial charge in [0.15, 0.2) is 0 Å².